The smallest absolute Gasteiger partial charge is 0.343 e. The molecule has 2 aromatic carbocycles. The lowest BCUT2D eigenvalue weighted by Crippen LogP contribution is -2.07. The SMILES string of the molecule is O=C(Oc1ccc(Cl)cc1)c1cc[c]cc1. The Morgan fingerprint density at radius 3 is 2.31 bits per heavy atom. The molecular formula is C13H8ClO2. The maximum Gasteiger partial charge on any atom is 0.343 e. The van der Waals surface area contributed by atoms with Gasteiger partial charge < -0.3 is 4.74 Å². The largest absolute Gasteiger partial charge is 0.423 e. The van der Waals surface area contributed by atoms with E-state index >= 15 is 0 Å². The molecule has 0 N–H and O–H groups in total. The van der Waals surface area contributed by atoms with Crippen molar-refractivity contribution in [3.05, 3.63) is 65.2 Å². The summed E-state index contributed by atoms with van der Waals surface area (Å²) >= 11 is 5.72. The average molecular weight is 232 g/mol. The van der Waals surface area contributed by atoms with E-state index in [1.54, 1.807) is 48.5 Å². The van der Waals surface area contributed by atoms with E-state index < -0.39 is 5.97 Å². The average Bonchev–Trinajstić information content (AvgIpc) is 2.33. The van der Waals surface area contributed by atoms with Gasteiger partial charge in [0.05, 0.1) is 5.56 Å². The summed E-state index contributed by atoms with van der Waals surface area (Å²) in [4.78, 5) is 11.6. The molecule has 0 spiro atoms. The lowest BCUT2D eigenvalue weighted by molar-refractivity contribution is 0.0735. The molecule has 16 heavy (non-hydrogen) atoms. The van der Waals surface area contributed by atoms with E-state index in [-0.39, 0.29) is 0 Å². The van der Waals surface area contributed by atoms with Crippen LogP contribution in [0.5, 0.6) is 5.75 Å². The number of carbonyl (C=O) groups is 1. The monoisotopic (exact) mass is 231 g/mol. The second-order valence-electron chi connectivity index (χ2n) is 3.13. The van der Waals surface area contributed by atoms with Gasteiger partial charge in [0.2, 0.25) is 0 Å². The van der Waals surface area contributed by atoms with Crippen molar-refractivity contribution in [3.8, 4) is 5.75 Å². The molecule has 0 saturated carbocycles. The molecule has 0 aliphatic rings. The van der Waals surface area contributed by atoms with Gasteiger partial charge in [-0.2, -0.15) is 0 Å². The van der Waals surface area contributed by atoms with Crippen LogP contribution in [0.4, 0.5) is 0 Å². The zero-order valence-corrected chi connectivity index (χ0v) is 9.07. The molecule has 0 fully saturated rings. The molecule has 0 heterocycles. The number of benzene rings is 2. The predicted molar refractivity (Wildman–Crippen MR) is 61.7 cm³/mol. The Balaban J connectivity index is 2.11. The Kier molecular flexibility index (Phi) is 3.22. The second-order valence-corrected chi connectivity index (χ2v) is 3.57. The fourth-order valence-corrected chi connectivity index (χ4v) is 1.32. The Labute approximate surface area is 98.4 Å². The number of esters is 1. The number of ether oxygens (including phenoxy) is 1. The lowest BCUT2D eigenvalue weighted by atomic mass is 10.2. The van der Waals surface area contributed by atoms with Gasteiger partial charge in [0.15, 0.2) is 0 Å². The van der Waals surface area contributed by atoms with Crippen LogP contribution in [0.25, 0.3) is 0 Å². The summed E-state index contributed by atoms with van der Waals surface area (Å²) < 4.78 is 5.14. The van der Waals surface area contributed by atoms with E-state index in [0.717, 1.165) is 0 Å². The van der Waals surface area contributed by atoms with Crippen molar-refractivity contribution in [2.45, 2.75) is 0 Å². The van der Waals surface area contributed by atoms with Gasteiger partial charge in [0, 0.05) is 5.02 Å². The summed E-state index contributed by atoms with van der Waals surface area (Å²) in [6, 6.07) is 16.1. The van der Waals surface area contributed by atoms with Gasteiger partial charge in [-0.15, -0.1) is 0 Å². The first kappa shape index (κ1) is 10.7. The fraction of sp³-hybridized carbons (Fsp3) is 0. The number of rotatable bonds is 2. The molecule has 0 saturated heterocycles. The fourth-order valence-electron chi connectivity index (χ4n) is 1.19. The van der Waals surface area contributed by atoms with E-state index in [2.05, 4.69) is 6.07 Å². The van der Waals surface area contributed by atoms with E-state index in [1.807, 2.05) is 0 Å². The number of hydrogen-bond acceptors (Lipinski definition) is 2. The third-order valence-electron chi connectivity index (χ3n) is 1.98. The highest BCUT2D eigenvalue weighted by molar-refractivity contribution is 6.30. The van der Waals surface area contributed by atoms with Crippen LogP contribution in [0, 0.1) is 6.07 Å². The first-order chi connectivity index (χ1) is 7.75. The Morgan fingerprint density at radius 1 is 1.06 bits per heavy atom. The molecule has 2 aromatic rings. The maximum atomic E-state index is 11.6. The van der Waals surface area contributed by atoms with Crippen LogP contribution in [0.1, 0.15) is 10.4 Å². The molecule has 2 rings (SSSR count). The Bertz CT molecular complexity index is 477. The minimum absolute atomic E-state index is 0.392. The van der Waals surface area contributed by atoms with Crippen LogP contribution in [-0.4, -0.2) is 5.97 Å². The van der Waals surface area contributed by atoms with Crippen LogP contribution in [0.15, 0.2) is 48.5 Å². The van der Waals surface area contributed by atoms with E-state index in [0.29, 0.717) is 16.3 Å². The number of carbonyl (C=O) groups excluding carboxylic acids is 1. The van der Waals surface area contributed by atoms with Crippen LogP contribution in [0.2, 0.25) is 5.02 Å². The normalized spacial score (nSPS) is 9.81. The molecule has 1 radical (unpaired) electrons. The highest BCUT2D eigenvalue weighted by atomic mass is 35.5. The molecule has 0 aliphatic heterocycles. The predicted octanol–water partition coefficient (Wildman–Crippen LogP) is 3.36. The van der Waals surface area contributed by atoms with Crippen molar-refractivity contribution in [1.82, 2.24) is 0 Å². The first-order valence-electron chi connectivity index (χ1n) is 4.69. The first-order valence-corrected chi connectivity index (χ1v) is 5.07. The van der Waals surface area contributed by atoms with Gasteiger partial charge in [0.25, 0.3) is 0 Å². The third-order valence-corrected chi connectivity index (χ3v) is 2.23. The Hall–Kier alpha value is -1.80. The summed E-state index contributed by atoms with van der Waals surface area (Å²) in [6.07, 6.45) is 0. The highest BCUT2D eigenvalue weighted by Gasteiger charge is 2.06. The van der Waals surface area contributed by atoms with E-state index in [4.69, 9.17) is 16.3 Å². The molecule has 0 atom stereocenters. The summed E-state index contributed by atoms with van der Waals surface area (Å²) in [6.45, 7) is 0. The highest BCUT2D eigenvalue weighted by Crippen LogP contribution is 2.16. The summed E-state index contributed by atoms with van der Waals surface area (Å²) in [5, 5.41) is 0.606. The van der Waals surface area contributed by atoms with Crippen molar-refractivity contribution in [3.63, 3.8) is 0 Å². The standard InChI is InChI=1S/C13H8ClO2/c14-11-6-8-12(9-7-11)16-13(15)10-4-2-1-3-5-10/h2-9H. The summed E-state index contributed by atoms with van der Waals surface area (Å²) in [7, 11) is 0. The van der Waals surface area contributed by atoms with Crippen molar-refractivity contribution in [1.29, 1.82) is 0 Å². The summed E-state index contributed by atoms with van der Waals surface area (Å²) in [5.74, 6) is 0.0820. The molecule has 79 valence electrons. The Morgan fingerprint density at radius 2 is 1.69 bits per heavy atom. The topological polar surface area (TPSA) is 26.3 Å². The van der Waals surface area contributed by atoms with E-state index in [1.165, 1.54) is 0 Å². The second kappa shape index (κ2) is 4.81. The van der Waals surface area contributed by atoms with Crippen molar-refractivity contribution < 1.29 is 9.53 Å². The summed E-state index contributed by atoms with van der Waals surface area (Å²) in [5.41, 5.74) is 0.494. The van der Waals surface area contributed by atoms with E-state index in [9.17, 15) is 4.79 Å². The molecule has 2 nitrogen and oxygen atoms in total. The van der Waals surface area contributed by atoms with Gasteiger partial charge in [-0.25, -0.2) is 4.79 Å². The minimum Gasteiger partial charge on any atom is -0.423 e. The quantitative estimate of drug-likeness (QED) is 0.585. The van der Waals surface area contributed by atoms with Crippen molar-refractivity contribution >= 4 is 17.6 Å². The lowest BCUT2D eigenvalue weighted by Gasteiger charge is -2.03. The van der Waals surface area contributed by atoms with Gasteiger partial charge in [-0.05, 0) is 42.5 Å². The molecule has 0 aliphatic carbocycles. The van der Waals surface area contributed by atoms with Crippen LogP contribution in [0.3, 0.4) is 0 Å². The van der Waals surface area contributed by atoms with Crippen molar-refractivity contribution in [2.75, 3.05) is 0 Å². The molecule has 0 unspecified atom stereocenters. The van der Waals surface area contributed by atoms with Crippen LogP contribution in [-0.2, 0) is 0 Å². The third kappa shape index (κ3) is 2.61. The molecule has 0 bridgehead atoms. The van der Waals surface area contributed by atoms with Crippen LogP contribution >= 0.6 is 11.6 Å². The molecule has 3 heteroatoms. The van der Waals surface area contributed by atoms with Gasteiger partial charge >= 0.3 is 5.97 Å². The number of hydrogen-bond donors (Lipinski definition) is 0. The van der Waals surface area contributed by atoms with Gasteiger partial charge in [0.1, 0.15) is 5.75 Å². The van der Waals surface area contributed by atoms with Crippen molar-refractivity contribution in [2.24, 2.45) is 0 Å². The minimum atomic E-state index is -0.392. The molecule has 0 amide bonds. The molecule has 0 aromatic heterocycles. The molecular weight excluding hydrogens is 224 g/mol. The van der Waals surface area contributed by atoms with Gasteiger partial charge in [-0.1, -0.05) is 23.7 Å². The zero-order chi connectivity index (χ0) is 11.4. The number of halogens is 1. The van der Waals surface area contributed by atoms with Gasteiger partial charge in [-0.3, -0.25) is 0 Å². The zero-order valence-electron chi connectivity index (χ0n) is 8.31. The van der Waals surface area contributed by atoms with Crippen LogP contribution < -0.4 is 4.74 Å². The maximum absolute atomic E-state index is 11.6.